The predicted octanol–water partition coefficient (Wildman–Crippen LogP) is 4.26. The summed E-state index contributed by atoms with van der Waals surface area (Å²) in [6, 6.07) is 7.75. The molecular weight excluding hydrogens is 452 g/mol. The molecule has 0 aliphatic rings. The molecule has 0 saturated heterocycles. The van der Waals surface area contributed by atoms with E-state index in [0.29, 0.717) is 11.5 Å². The minimum Gasteiger partial charge on any atom is -0.496 e. The summed E-state index contributed by atoms with van der Waals surface area (Å²) in [7, 11) is 3.17. The molecule has 0 aromatic heterocycles. The largest absolute Gasteiger partial charge is 0.496 e. The zero-order valence-electron chi connectivity index (χ0n) is 11.5. The van der Waals surface area contributed by atoms with E-state index in [1.54, 1.807) is 20.3 Å². The van der Waals surface area contributed by atoms with E-state index in [0.717, 1.165) is 19.2 Å². The van der Waals surface area contributed by atoms with Crippen molar-refractivity contribution in [2.24, 2.45) is 5.73 Å². The van der Waals surface area contributed by atoms with Crippen LogP contribution in [0.1, 0.15) is 17.2 Å². The van der Waals surface area contributed by atoms with Crippen LogP contribution in [0.4, 0.5) is 4.39 Å². The van der Waals surface area contributed by atoms with Gasteiger partial charge in [0.1, 0.15) is 17.3 Å². The molecule has 21 heavy (non-hydrogen) atoms. The van der Waals surface area contributed by atoms with Gasteiger partial charge in [-0.1, -0.05) is 6.07 Å². The predicted molar refractivity (Wildman–Crippen MR) is 92.4 cm³/mol. The first-order valence-electron chi connectivity index (χ1n) is 6.10. The summed E-state index contributed by atoms with van der Waals surface area (Å²) in [5.41, 5.74) is 7.95. The molecule has 0 fully saturated rings. The number of rotatable bonds is 4. The first-order valence-corrected chi connectivity index (χ1v) is 7.97. The van der Waals surface area contributed by atoms with E-state index in [2.05, 4.69) is 38.5 Å². The Morgan fingerprint density at radius 3 is 2.33 bits per heavy atom. The lowest BCUT2D eigenvalue weighted by molar-refractivity contribution is 0.395. The molecule has 1 atom stereocenters. The fraction of sp³-hybridized carbons (Fsp3) is 0.200. The zero-order chi connectivity index (χ0) is 15.6. The molecule has 6 heteroatoms. The van der Waals surface area contributed by atoms with Crippen molar-refractivity contribution in [1.82, 2.24) is 0 Å². The number of halogens is 3. The van der Waals surface area contributed by atoms with Crippen molar-refractivity contribution in [3.05, 3.63) is 55.3 Å². The van der Waals surface area contributed by atoms with Crippen LogP contribution < -0.4 is 15.2 Å². The second-order valence-corrected chi connectivity index (χ2v) is 6.39. The molecule has 0 amide bonds. The molecule has 2 rings (SSSR count). The van der Waals surface area contributed by atoms with Crippen molar-refractivity contribution < 1.29 is 13.9 Å². The highest BCUT2D eigenvalue weighted by atomic mass is 127. The summed E-state index contributed by atoms with van der Waals surface area (Å²) in [6.07, 6.45) is 0. The Kier molecular flexibility index (Phi) is 5.45. The Morgan fingerprint density at radius 1 is 1.10 bits per heavy atom. The van der Waals surface area contributed by atoms with Crippen molar-refractivity contribution >= 4 is 38.5 Å². The SMILES string of the molecule is COc1cc(C(N)c2ccc(F)cc2I)c(OC)cc1Br. The zero-order valence-corrected chi connectivity index (χ0v) is 15.2. The van der Waals surface area contributed by atoms with E-state index in [-0.39, 0.29) is 5.82 Å². The van der Waals surface area contributed by atoms with Gasteiger partial charge in [-0.05, 0) is 68.3 Å². The topological polar surface area (TPSA) is 44.5 Å². The minimum absolute atomic E-state index is 0.282. The highest BCUT2D eigenvalue weighted by Crippen LogP contribution is 2.38. The Balaban J connectivity index is 2.53. The molecule has 0 heterocycles. The molecule has 112 valence electrons. The Labute approximate surface area is 144 Å². The lowest BCUT2D eigenvalue weighted by Crippen LogP contribution is -2.15. The van der Waals surface area contributed by atoms with Gasteiger partial charge in [0.15, 0.2) is 0 Å². The van der Waals surface area contributed by atoms with Gasteiger partial charge < -0.3 is 15.2 Å². The fourth-order valence-corrected chi connectivity index (χ4v) is 3.35. The molecule has 0 aliphatic heterocycles. The van der Waals surface area contributed by atoms with E-state index in [4.69, 9.17) is 15.2 Å². The third-order valence-electron chi connectivity index (χ3n) is 3.14. The van der Waals surface area contributed by atoms with Crippen molar-refractivity contribution in [3.8, 4) is 11.5 Å². The van der Waals surface area contributed by atoms with Crippen LogP contribution in [0, 0.1) is 9.39 Å². The van der Waals surface area contributed by atoms with E-state index < -0.39 is 6.04 Å². The van der Waals surface area contributed by atoms with Gasteiger partial charge in [-0.25, -0.2) is 4.39 Å². The van der Waals surface area contributed by atoms with Gasteiger partial charge in [-0.2, -0.15) is 0 Å². The van der Waals surface area contributed by atoms with Crippen molar-refractivity contribution in [2.45, 2.75) is 6.04 Å². The molecule has 1 unspecified atom stereocenters. The van der Waals surface area contributed by atoms with Crippen LogP contribution in [0.3, 0.4) is 0 Å². The lowest BCUT2D eigenvalue weighted by Gasteiger charge is -2.19. The smallest absolute Gasteiger partial charge is 0.133 e. The number of ether oxygens (including phenoxy) is 2. The standard InChI is InChI=1S/C15H14BrFINO2/c1-20-13-7-11(16)14(21-2)6-10(13)15(19)9-4-3-8(17)5-12(9)18/h3-7,15H,19H2,1-2H3. The van der Waals surface area contributed by atoms with Gasteiger partial charge >= 0.3 is 0 Å². The summed E-state index contributed by atoms with van der Waals surface area (Å²) in [5.74, 6) is 1.03. The molecule has 0 radical (unpaired) electrons. The molecule has 0 spiro atoms. The van der Waals surface area contributed by atoms with Crippen molar-refractivity contribution in [2.75, 3.05) is 14.2 Å². The van der Waals surface area contributed by atoms with Crippen LogP contribution in [0.25, 0.3) is 0 Å². The van der Waals surface area contributed by atoms with Crippen molar-refractivity contribution in [1.29, 1.82) is 0 Å². The second-order valence-electron chi connectivity index (χ2n) is 4.37. The van der Waals surface area contributed by atoms with Crippen LogP contribution in [-0.2, 0) is 0 Å². The van der Waals surface area contributed by atoms with E-state index in [9.17, 15) is 4.39 Å². The summed E-state index contributed by atoms with van der Waals surface area (Å²) >= 11 is 5.49. The highest BCUT2D eigenvalue weighted by molar-refractivity contribution is 14.1. The Morgan fingerprint density at radius 2 is 1.76 bits per heavy atom. The number of hydrogen-bond acceptors (Lipinski definition) is 3. The fourth-order valence-electron chi connectivity index (χ4n) is 2.05. The summed E-state index contributed by atoms with van der Waals surface area (Å²) in [6.45, 7) is 0. The quantitative estimate of drug-likeness (QED) is 0.686. The maximum atomic E-state index is 13.2. The van der Waals surface area contributed by atoms with Gasteiger partial charge in [0.25, 0.3) is 0 Å². The first kappa shape index (κ1) is 16.5. The summed E-state index contributed by atoms with van der Waals surface area (Å²) < 4.78 is 25.5. The second kappa shape index (κ2) is 6.93. The molecule has 0 aliphatic carbocycles. The first-order chi connectivity index (χ1) is 9.97. The molecule has 2 aromatic rings. The monoisotopic (exact) mass is 465 g/mol. The minimum atomic E-state index is -0.436. The summed E-state index contributed by atoms with van der Waals surface area (Å²) in [4.78, 5) is 0. The van der Waals surface area contributed by atoms with E-state index in [1.807, 2.05) is 12.1 Å². The number of nitrogens with two attached hydrogens (primary N) is 1. The third kappa shape index (κ3) is 3.49. The van der Waals surface area contributed by atoms with Gasteiger partial charge in [-0.3, -0.25) is 0 Å². The van der Waals surface area contributed by atoms with Crippen molar-refractivity contribution in [3.63, 3.8) is 0 Å². The highest BCUT2D eigenvalue weighted by Gasteiger charge is 2.19. The van der Waals surface area contributed by atoms with Crippen LogP contribution >= 0.6 is 38.5 Å². The van der Waals surface area contributed by atoms with E-state index in [1.165, 1.54) is 12.1 Å². The van der Waals surface area contributed by atoms with Crippen LogP contribution in [0.15, 0.2) is 34.8 Å². The van der Waals surface area contributed by atoms with Gasteiger partial charge in [-0.15, -0.1) is 0 Å². The summed E-state index contributed by atoms with van der Waals surface area (Å²) in [5, 5.41) is 0. The normalized spacial score (nSPS) is 12.1. The molecule has 0 saturated carbocycles. The number of benzene rings is 2. The van der Waals surface area contributed by atoms with Crippen LogP contribution in [0.2, 0.25) is 0 Å². The number of hydrogen-bond donors (Lipinski definition) is 1. The Bertz CT molecular complexity index is 666. The van der Waals surface area contributed by atoms with Gasteiger partial charge in [0, 0.05) is 9.13 Å². The average Bonchev–Trinajstić information content (AvgIpc) is 2.46. The Hall–Kier alpha value is -0.860. The average molecular weight is 466 g/mol. The molecule has 3 nitrogen and oxygen atoms in total. The van der Waals surface area contributed by atoms with E-state index >= 15 is 0 Å². The molecule has 0 bridgehead atoms. The maximum absolute atomic E-state index is 13.2. The molecule has 2 aromatic carbocycles. The molecular formula is C15H14BrFINO2. The third-order valence-corrected chi connectivity index (χ3v) is 4.69. The number of methoxy groups -OCH3 is 2. The van der Waals surface area contributed by atoms with Gasteiger partial charge in [0.2, 0.25) is 0 Å². The van der Waals surface area contributed by atoms with Gasteiger partial charge in [0.05, 0.1) is 24.7 Å². The maximum Gasteiger partial charge on any atom is 0.133 e. The molecule has 2 N–H and O–H groups in total. The van der Waals surface area contributed by atoms with Crippen LogP contribution in [0.5, 0.6) is 11.5 Å². The lowest BCUT2D eigenvalue weighted by atomic mass is 9.98. The van der Waals surface area contributed by atoms with Crippen LogP contribution in [-0.4, -0.2) is 14.2 Å².